The van der Waals surface area contributed by atoms with Crippen molar-refractivity contribution in [2.24, 2.45) is 10.7 Å². The summed E-state index contributed by atoms with van der Waals surface area (Å²) >= 11 is 1.16. The topological polar surface area (TPSA) is 96.7 Å². The van der Waals surface area contributed by atoms with Gasteiger partial charge in [0.15, 0.2) is 5.17 Å². The largest absolute Gasteiger partial charge is 0.416 e. The number of aliphatic hydroxyl groups excluding tert-OH is 1. The van der Waals surface area contributed by atoms with Crippen LogP contribution >= 0.6 is 11.8 Å². The maximum absolute atomic E-state index is 13.6. The number of rotatable bonds is 4. The lowest BCUT2D eigenvalue weighted by Crippen LogP contribution is -2.36. The molecule has 3 N–H and O–H groups in total. The van der Waals surface area contributed by atoms with E-state index in [1.165, 1.54) is 10.9 Å². The number of aliphatic hydroxyl groups is 1. The van der Waals surface area contributed by atoms with Gasteiger partial charge in [-0.05, 0) is 59.7 Å². The molecular formula is C25H21F6N5O2S. The van der Waals surface area contributed by atoms with Gasteiger partial charge in [0.05, 0.1) is 46.9 Å². The number of benzene rings is 2. The molecule has 1 saturated heterocycles. The van der Waals surface area contributed by atoms with Crippen molar-refractivity contribution >= 4 is 39.8 Å². The van der Waals surface area contributed by atoms with E-state index in [-0.39, 0.29) is 30.3 Å². The van der Waals surface area contributed by atoms with E-state index >= 15 is 0 Å². The van der Waals surface area contributed by atoms with Crippen molar-refractivity contribution in [2.45, 2.75) is 37.4 Å². The van der Waals surface area contributed by atoms with Crippen LogP contribution in [0, 0.1) is 0 Å². The number of thioether (sulfide) groups is 1. The average Bonchev–Trinajstić information content (AvgIpc) is 3.54. The number of carbonyl (C=O) groups is 1. The number of likely N-dealkylation sites (tertiary alicyclic amines) is 1. The zero-order valence-electron chi connectivity index (χ0n) is 20.0. The first kappa shape index (κ1) is 27.2. The molecule has 0 unspecified atom stereocenters. The molecule has 0 aliphatic carbocycles. The number of hydrogen-bond acceptors (Lipinski definition) is 6. The van der Waals surface area contributed by atoms with Gasteiger partial charge in [-0.3, -0.25) is 9.48 Å². The van der Waals surface area contributed by atoms with Gasteiger partial charge in [0.2, 0.25) is 0 Å². The predicted octanol–water partition coefficient (Wildman–Crippen LogP) is 4.49. The second-order valence-corrected chi connectivity index (χ2v) is 10.3. The van der Waals surface area contributed by atoms with Gasteiger partial charge >= 0.3 is 12.4 Å². The van der Waals surface area contributed by atoms with Crippen molar-refractivity contribution in [2.75, 3.05) is 13.2 Å². The number of carbonyl (C=O) groups excluding carboxylic acids is 1. The number of amides is 1. The number of aromatic nitrogens is 2. The molecule has 3 aromatic rings. The quantitative estimate of drug-likeness (QED) is 0.355. The van der Waals surface area contributed by atoms with Gasteiger partial charge in [0.1, 0.15) is 0 Å². The summed E-state index contributed by atoms with van der Waals surface area (Å²) < 4.78 is 80.9. The fourth-order valence-electron chi connectivity index (χ4n) is 4.67. The third-order valence-corrected chi connectivity index (χ3v) is 7.56. The molecule has 3 heterocycles. The molecule has 7 nitrogen and oxygen atoms in total. The Morgan fingerprint density at radius 1 is 1.10 bits per heavy atom. The first-order valence-electron chi connectivity index (χ1n) is 11.7. The molecule has 2 aliphatic heterocycles. The zero-order chi connectivity index (χ0) is 28.1. The van der Waals surface area contributed by atoms with Gasteiger partial charge in [0, 0.05) is 18.0 Å². The standard InChI is InChI=1S/C25H21F6N5O2S/c26-24(27,28)16-3-2-14(19(7-16)25(29,30)31)10-36-20-4-1-13(5-15(20)9-33-36)6-21-22(38)34-23(39-21)35-11-17(32)8-18(35)12-37/h1-7,9,17-18,37H,8,10-12,32H2/b21-6+/t17-,18-/m1/s1. The molecular weight excluding hydrogens is 548 g/mol. The van der Waals surface area contributed by atoms with Crippen molar-refractivity contribution in [3.05, 3.63) is 69.8 Å². The van der Waals surface area contributed by atoms with Crippen LogP contribution in [0.2, 0.25) is 0 Å². The lowest BCUT2D eigenvalue weighted by Gasteiger charge is -2.23. The highest BCUT2D eigenvalue weighted by Crippen LogP contribution is 2.38. The number of nitrogens with zero attached hydrogens (tertiary/aromatic N) is 4. The molecule has 0 bridgehead atoms. The van der Waals surface area contributed by atoms with Gasteiger partial charge in [-0.15, -0.1) is 0 Å². The Morgan fingerprint density at radius 3 is 2.56 bits per heavy atom. The van der Waals surface area contributed by atoms with E-state index in [2.05, 4.69) is 10.1 Å². The minimum atomic E-state index is -4.98. The summed E-state index contributed by atoms with van der Waals surface area (Å²) in [5.74, 6) is -0.440. The first-order valence-corrected chi connectivity index (χ1v) is 12.5. The monoisotopic (exact) mass is 569 g/mol. The molecule has 0 radical (unpaired) electrons. The molecule has 2 aliphatic rings. The molecule has 2 atom stereocenters. The smallest absolute Gasteiger partial charge is 0.394 e. The van der Waals surface area contributed by atoms with Gasteiger partial charge < -0.3 is 15.7 Å². The van der Waals surface area contributed by atoms with E-state index in [1.54, 1.807) is 24.3 Å². The maximum Gasteiger partial charge on any atom is 0.416 e. The van der Waals surface area contributed by atoms with Crippen molar-refractivity contribution in [1.82, 2.24) is 14.7 Å². The van der Waals surface area contributed by atoms with Crippen LogP contribution in [0.5, 0.6) is 0 Å². The minimum absolute atomic E-state index is 0.108. The third-order valence-electron chi connectivity index (χ3n) is 6.54. The van der Waals surface area contributed by atoms with E-state index in [0.717, 1.165) is 17.8 Å². The molecule has 1 aromatic heterocycles. The molecule has 5 rings (SSSR count). The highest BCUT2D eigenvalue weighted by atomic mass is 32.2. The van der Waals surface area contributed by atoms with E-state index < -0.39 is 35.9 Å². The van der Waals surface area contributed by atoms with Crippen LogP contribution in [-0.4, -0.2) is 56.1 Å². The van der Waals surface area contributed by atoms with Crippen molar-refractivity contribution < 1.29 is 36.2 Å². The molecule has 1 fully saturated rings. The Morgan fingerprint density at radius 2 is 1.87 bits per heavy atom. The third kappa shape index (κ3) is 5.54. The normalized spacial score (nSPS) is 21.4. The number of amidine groups is 1. The van der Waals surface area contributed by atoms with Crippen molar-refractivity contribution in [3.63, 3.8) is 0 Å². The van der Waals surface area contributed by atoms with Gasteiger partial charge in [-0.25, -0.2) is 0 Å². The van der Waals surface area contributed by atoms with E-state index in [4.69, 9.17) is 5.73 Å². The van der Waals surface area contributed by atoms with Crippen LogP contribution in [0.1, 0.15) is 28.7 Å². The van der Waals surface area contributed by atoms with Crippen LogP contribution in [0.3, 0.4) is 0 Å². The number of halogens is 6. The number of aliphatic imine (C=N–C) groups is 1. The summed E-state index contributed by atoms with van der Waals surface area (Å²) in [6, 6.07) is 6.13. The molecule has 0 spiro atoms. The SMILES string of the molecule is N[C@@H]1C[C@H](CO)N(C2=NC(=O)/C(=C\c3ccc4c(cnn4Cc4ccc(C(F)(F)F)cc4C(F)(F)F)c3)S2)C1. The fourth-order valence-corrected chi connectivity index (χ4v) is 5.66. The number of nitrogens with two attached hydrogens (primary N) is 1. The highest BCUT2D eigenvalue weighted by molar-refractivity contribution is 8.18. The van der Waals surface area contributed by atoms with Crippen LogP contribution in [-0.2, 0) is 23.7 Å². The molecule has 1 amide bonds. The molecule has 14 heteroatoms. The van der Waals surface area contributed by atoms with Crippen LogP contribution in [0.4, 0.5) is 26.3 Å². The van der Waals surface area contributed by atoms with E-state index in [0.29, 0.717) is 45.6 Å². The molecule has 39 heavy (non-hydrogen) atoms. The summed E-state index contributed by atoms with van der Waals surface area (Å²) in [5.41, 5.74) is 3.95. The lowest BCUT2D eigenvalue weighted by molar-refractivity contribution is -0.143. The number of alkyl halides is 6. The Labute approximate surface area is 222 Å². The van der Waals surface area contributed by atoms with Gasteiger partial charge in [0.25, 0.3) is 5.91 Å². The molecule has 206 valence electrons. The summed E-state index contributed by atoms with van der Waals surface area (Å²) in [5, 5.41) is 14.8. The summed E-state index contributed by atoms with van der Waals surface area (Å²) in [7, 11) is 0. The van der Waals surface area contributed by atoms with Crippen molar-refractivity contribution in [1.29, 1.82) is 0 Å². The average molecular weight is 570 g/mol. The highest BCUT2D eigenvalue weighted by Gasteiger charge is 2.38. The van der Waals surface area contributed by atoms with E-state index in [9.17, 15) is 36.2 Å². The number of hydrogen-bond donors (Lipinski definition) is 2. The second-order valence-electron chi connectivity index (χ2n) is 9.28. The first-order chi connectivity index (χ1) is 18.3. The van der Waals surface area contributed by atoms with Gasteiger partial charge in [-0.2, -0.15) is 36.4 Å². The van der Waals surface area contributed by atoms with Crippen LogP contribution in [0.25, 0.3) is 17.0 Å². The number of fused-ring (bicyclic) bond motifs is 1. The Kier molecular flexibility index (Phi) is 6.97. The Bertz CT molecular complexity index is 1500. The summed E-state index contributed by atoms with van der Waals surface area (Å²) in [4.78, 5) is 18.8. The lowest BCUT2D eigenvalue weighted by atomic mass is 10.0. The Balaban J connectivity index is 1.38. The van der Waals surface area contributed by atoms with E-state index in [1.807, 2.05) is 4.90 Å². The summed E-state index contributed by atoms with van der Waals surface area (Å²) in [6.45, 7) is -0.0394. The van der Waals surface area contributed by atoms with Crippen LogP contribution in [0.15, 0.2) is 52.5 Å². The maximum atomic E-state index is 13.6. The molecule has 0 saturated carbocycles. The summed E-state index contributed by atoms with van der Waals surface area (Å²) in [6.07, 6.45) is -6.25. The predicted molar refractivity (Wildman–Crippen MR) is 133 cm³/mol. The van der Waals surface area contributed by atoms with Crippen molar-refractivity contribution in [3.8, 4) is 0 Å². The minimum Gasteiger partial charge on any atom is -0.394 e. The van der Waals surface area contributed by atoms with Crippen LogP contribution < -0.4 is 5.73 Å². The zero-order valence-corrected chi connectivity index (χ0v) is 20.8. The van der Waals surface area contributed by atoms with Gasteiger partial charge in [-0.1, -0.05) is 12.1 Å². The molecule has 2 aromatic carbocycles. The Hall–Kier alpha value is -3.36. The fraction of sp³-hybridized carbons (Fsp3) is 0.320. The second kappa shape index (κ2) is 9.99.